The van der Waals surface area contributed by atoms with Crippen LogP contribution in [-0.4, -0.2) is 125 Å². The highest BCUT2D eigenvalue weighted by Gasteiger charge is 2.44. The molecule has 2 unspecified atom stereocenters. The molecule has 0 aromatic heterocycles. The van der Waals surface area contributed by atoms with E-state index in [1.165, 1.54) is 4.90 Å². The van der Waals surface area contributed by atoms with Crippen molar-refractivity contribution < 1.29 is 19.5 Å². The van der Waals surface area contributed by atoms with Crippen molar-refractivity contribution in [3.63, 3.8) is 0 Å². The zero-order chi connectivity index (χ0) is 32.4. The summed E-state index contributed by atoms with van der Waals surface area (Å²) in [6.45, 7) is 5.76. The molecule has 0 bridgehead atoms. The third-order valence-corrected chi connectivity index (χ3v) is 10.9. The van der Waals surface area contributed by atoms with Crippen LogP contribution in [0.2, 0.25) is 10.0 Å². The van der Waals surface area contributed by atoms with Gasteiger partial charge in [0.25, 0.3) is 0 Å². The van der Waals surface area contributed by atoms with E-state index in [1.807, 2.05) is 34.1 Å². The van der Waals surface area contributed by atoms with Gasteiger partial charge >= 0.3 is 12.1 Å². The molecule has 3 saturated heterocycles. The van der Waals surface area contributed by atoms with Crippen LogP contribution in [0.5, 0.6) is 0 Å². The van der Waals surface area contributed by atoms with E-state index in [2.05, 4.69) is 22.2 Å². The van der Waals surface area contributed by atoms with E-state index in [0.29, 0.717) is 61.4 Å². The van der Waals surface area contributed by atoms with Gasteiger partial charge in [0.15, 0.2) is 0 Å². The number of para-hydroxylation sites is 1. The van der Waals surface area contributed by atoms with Crippen molar-refractivity contribution in [2.75, 3.05) is 64.7 Å². The molecule has 0 aliphatic carbocycles. The lowest BCUT2D eigenvalue weighted by Crippen LogP contribution is -2.60. The summed E-state index contributed by atoms with van der Waals surface area (Å²) in [6.07, 6.45) is 3.09. The third-order valence-electron chi connectivity index (χ3n) is 10.4. The summed E-state index contributed by atoms with van der Waals surface area (Å²) in [5.74, 6) is -0.709. The van der Waals surface area contributed by atoms with E-state index >= 15 is 0 Å². The summed E-state index contributed by atoms with van der Waals surface area (Å²) in [5, 5.41) is 14.4. The third kappa shape index (κ3) is 7.40. The Morgan fingerprint density at radius 2 is 1.59 bits per heavy atom. The highest BCUT2D eigenvalue weighted by Crippen LogP contribution is 2.33. The Balaban J connectivity index is 1.24. The first kappa shape index (κ1) is 32.9. The second kappa shape index (κ2) is 14.4. The Morgan fingerprint density at radius 3 is 2.28 bits per heavy atom. The second-order valence-corrected chi connectivity index (χ2v) is 14.1. The fourth-order valence-corrected chi connectivity index (χ4v) is 8.46. The quantitative estimate of drug-likeness (QED) is 0.449. The number of carboxylic acid groups (broad SMARTS) is 1. The highest BCUT2D eigenvalue weighted by molar-refractivity contribution is 6.34. The predicted octanol–water partition coefficient (Wildman–Crippen LogP) is 4.99. The van der Waals surface area contributed by atoms with Crippen molar-refractivity contribution in [2.24, 2.45) is 5.92 Å². The summed E-state index contributed by atoms with van der Waals surface area (Å²) in [6, 6.07) is 12.6. The summed E-state index contributed by atoms with van der Waals surface area (Å²) in [7, 11) is 2.16. The number of halogens is 2. The maximum absolute atomic E-state index is 14.5. The number of carbonyl (C=O) groups is 3. The number of anilines is 1. The summed E-state index contributed by atoms with van der Waals surface area (Å²) >= 11 is 12.8. The van der Waals surface area contributed by atoms with Crippen molar-refractivity contribution in [2.45, 2.75) is 56.7 Å². The molecule has 4 heterocycles. The number of hydrogen-bond acceptors (Lipinski definition) is 5. The first-order chi connectivity index (χ1) is 22.2. The average molecular weight is 672 g/mol. The van der Waals surface area contributed by atoms with Gasteiger partial charge in [-0.1, -0.05) is 41.4 Å². The lowest BCUT2D eigenvalue weighted by Gasteiger charge is -2.46. The van der Waals surface area contributed by atoms with Crippen LogP contribution in [0, 0.1) is 5.92 Å². The smallest absolute Gasteiger partial charge is 0.407 e. The molecule has 12 heteroatoms. The van der Waals surface area contributed by atoms with Crippen LogP contribution in [0.3, 0.4) is 0 Å². The van der Waals surface area contributed by atoms with Crippen molar-refractivity contribution >= 4 is 46.9 Å². The fraction of sp³-hybridized carbons (Fsp3) is 0.559. The lowest BCUT2D eigenvalue weighted by molar-refractivity contribution is -0.140. The van der Waals surface area contributed by atoms with E-state index < -0.39 is 18.1 Å². The number of hydrogen-bond donors (Lipinski definition) is 2. The second-order valence-electron chi connectivity index (χ2n) is 13.2. The van der Waals surface area contributed by atoms with Gasteiger partial charge < -0.3 is 30.0 Å². The number of piperidine rings is 2. The van der Waals surface area contributed by atoms with Crippen LogP contribution in [0.1, 0.15) is 36.8 Å². The molecule has 3 atom stereocenters. The summed E-state index contributed by atoms with van der Waals surface area (Å²) < 4.78 is 0. The van der Waals surface area contributed by atoms with Crippen LogP contribution in [0.25, 0.3) is 0 Å². The van der Waals surface area contributed by atoms with Gasteiger partial charge in [0.1, 0.15) is 0 Å². The minimum Gasteiger partial charge on any atom is -0.465 e. The van der Waals surface area contributed by atoms with Crippen molar-refractivity contribution in [3.8, 4) is 0 Å². The van der Waals surface area contributed by atoms with Crippen molar-refractivity contribution in [1.82, 2.24) is 24.5 Å². The monoisotopic (exact) mass is 670 g/mol. The molecular weight excluding hydrogens is 627 g/mol. The number of likely N-dealkylation sites (tertiary alicyclic amines) is 2. The number of carbonyl (C=O) groups excluding carboxylic acids is 2. The Hall–Kier alpha value is -3.05. The van der Waals surface area contributed by atoms with Crippen LogP contribution >= 0.6 is 23.2 Å². The van der Waals surface area contributed by atoms with E-state index in [9.17, 15) is 19.5 Å². The maximum atomic E-state index is 14.5. The molecule has 0 spiro atoms. The number of piperazine rings is 1. The molecule has 3 fully saturated rings. The fourth-order valence-electron chi connectivity index (χ4n) is 7.89. The predicted molar refractivity (Wildman–Crippen MR) is 180 cm³/mol. The van der Waals surface area contributed by atoms with Crippen molar-refractivity contribution in [3.05, 3.63) is 63.6 Å². The molecule has 248 valence electrons. The van der Waals surface area contributed by atoms with Gasteiger partial charge in [0.05, 0.1) is 5.92 Å². The molecule has 2 N–H and O–H groups in total. The van der Waals surface area contributed by atoms with Gasteiger partial charge in [-0.3, -0.25) is 9.69 Å². The first-order valence-corrected chi connectivity index (χ1v) is 17.2. The molecule has 2 aromatic rings. The zero-order valence-electron chi connectivity index (χ0n) is 26.4. The molecule has 4 amide bonds. The standard InChI is InChI=1S/C34H44Cl2N6O4/c1-38-10-7-27(8-11-38)39-14-16-40(17-15-39)32(43)29(20-23-18-25(35)21-26(36)19-23)31-22-28(9-13-42(31)34(45)46)41-12-6-24-4-2-3-5-30(24)37-33(41)44/h2-5,18-19,21,27-29,31H,6-17,20,22H2,1H3,(H,37,44)(H,45,46)/t28?,29?,31-/m1/s1. The Kier molecular flexibility index (Phi) is 10.3. The van der Waals surface area contributed by atoms with Crippen LogP contribution in [-0.2, 0) is 17.6 Å². The number of nitrogens with one attached hydrogen (secondary N) is 1. The van der Waals surface area contributed by atoms with Gasteiger partial charge in [0, 0.05) is 73.1 Å². The van der Waals surface area contributed by atoms with Crippen LogP contribution < -0.4 is 5.32 Å². The average Bonchev–Trinajstić information content (AvgIpc) is 3.21. The van der Waals surface area contributed by atoms with Crippen LogP contribution in [0.15, 0.2) is 42.5 Å². The molecule has 4 aliphatic heterocycles. The van der Waals surface area contributed by atoms with Crippen LogP contribution in [0.4, 0.5) is 15.3 Å². The maximum Gasteiger partial charge on any atom is 0.407 e. The van der Waals surface area contributed by atoms with Gasteiger partial charge in [-0.2, -0.15) is 0 Å². The molecule has 6 rings (SSSR count). The highest BCUT2D eigenvalue weighted by atomic mass is 35.5. The van der Waals surface area contributed by atoms with Gasteiger partial charge in [-0.25, -0.2) is 9.59 Å². The van der Waals surface area contributed by atoms with E-state index in [4.69, 9.17) is 23.2 Å². The molecule has 2 aromatic carbocycles. The molecule has 0 saturated carbocycles. The van der Waals surface area contributed by atoms with E-state index in [0.717, 1.165) is 55.8 Å². The van der Waals surface area contributed by atoms with Gasteiger partial charge in [-0.15, -0.1) is 0 Å². The van der Waals surface area contributed by atoms with Gasteiger partial charge in [0.2, 0.25) is 5.91 Å². The largest absolute Gasteiger partial charge is 0.465 e. The number of fused-ring (bicyclic) bond motifs is 1. The molecule has 46 heavy (non-hydrogen) atoms. The summed E-state index contributed by atoms with van der Waals surface area (Å²) in [5.41, 5.74) is 2.67. The van der Waals surface area contributed by atoms with Gasteiger partial charge in [-0.05, 0) is 94.1 Å². The molecule has 10 nitrogen and oxygen atoms in total. The number of benzene rings is 2. The Labute approximate surface area is 281 Å². The number of rotatable bonds is 6. The van der Waals surface area contributed by atoms with E-state index in [-0.39, 0.29) is 24.5 Å². The molecular formula is C34H44Cl2N6O4. The number of amides is 4. The zero-order valence-corrected chi connectivity index (χ0v) is 27.9. The topological polar surface area (TPSA) is 99.7 Å². The SMILES string of the molecule is CN1CCC(N2CCN(C(=O)C(Cc3cc(Cl)cc(Cl)c3)[C@H]3CC(N4CCc5ccccc5NC4=O)CCN3C(=O)O)CC2)CC1. The first-order valence-electron chi connectivity index (χ1n) is 16.5. The molecule has 0 radical (unpaired) electrons. The van der Waals surface area contributed by atoms with E-state index in [1.54, 1.807) is 18.2 Å². The molecule has 4 aliphatic rings. The lowest BCUT2D eigenvalue weighted by atomic mass is 9.82. The summed E-state index contributed by atoms with van der Waals surface area (Å²) in [4.78, 5) is 50.7. The van der Waals surface area contributed by atoms with Crippen molar-refractivity contribution in [1.29, 1.82) is 0 Å². The number of urea groups is 1. The number of nitrogens with zero attached hydrogens (tertiary/aromatic N) is 5. The minimum absolute atomic E-state index is 0.0521. The normalized spacial score (nSPS) is 24.2. The minimum atomic E-state index is -1.05. The Bertz CT molecular complexity index is 1410. The Morgan fingerprint density at radius 1 is 0.913 bits per heavy atom.